The van der Waals surface area contributed by atoms with Gasteiger partial charge in [-0.05, 0) is 36.2 Å². The molecule has 6 nitrogen and oxygen atoms in total. The van der Waals surface area contributed by atoms with Crippen LogP contribution >= 0.6 is 0 Å². The van der Waals surface area contributed by atoms with Gasteiger partial charge in [0.25, 0.3) is 11.8 Å². The number of amides is 2. The number of hydrogen-bond donors (Lipinski definition) is 1. The van der Waals surface area contributed by atoms with Gasteiger partial charge in [0.2, 0.25) is 0 Å². The van der Waals surface area contributed by atoms with E-state index >= 15 is 0 Å². The van der Waals surface area contributed by atoms with Gasteiger partial charge in [0.1, 0.15) is 11.5 Å². The highest BCUT2D eigenvalue weighted by Crippen LogP contribution is 2.35. The number of hydrogen-bond acceptors (Lipinski definition) is 4. The fourth-order valence-corrected chi connectivity index (χ4v) is 2.82. The Bertz CT molecular complexity index is 832. The Labute approximate surface area is 152 Å². The Hall–Kier alpha value is -3.02. The Morgan fingerprint density at radius 1 is 1.27 bits per heavy atom. The van der Waals surface area contributed by atoms with Crippen molar-refractivity contribution >= 4 is 23.2 Å². The third-order valence-corrected chi connectivity index (χ3v) is 4.04. The zero-order valence-electron chi connectivity index (χ0n) is 15.1. The van der Waals surface area contributed by atoms with Crippen LogP contribution in [0.15, 0.2) is 42.5 Å². The number of benzene rings is 2. The monoisotopic (exact) mass is 354 g/mol. The Morgan fingerprint density at radius 2 is 2.08 bits per heavy atom. The van der Waals surface area contributed by atoms with Crippen molar-refractivity contribution in [3.8, 4) is 11.5 Å². The van der Waals surface area contributed by atoms with Crippen LogP contribution in [0.2, 0.25) is 0 Å². The fourth-order valence-electron chi connectivity index (χ4n) is 2.82. The van der Waals surface area contributed by atoms with Gasteiger partial charge in [-0.25, -0.2) is 0 Å². The Morgan fingerprint density at radius 3 is 2.81 bits per heavy atom. The minimum Gasteiger partial charge on any atom is -0.497 e. The molecule has 0 atom stereocenters. The van der Waals surface area contributed by atoms with E-state index in [0.717, 1.165) is 5.69 Å². The summed E-state index contributed by atoms with van der Waals surface area (Å²) in [7, 11) is 1.56. The van der Waals surface area contributed by atoms with E-state index in [0.29, 0.717) is 35.2 Å². The summed E-state index contributed by atoms with van der Waals surface area (Å²) in [4.78, 5) is 26.3. The molecule has 136 valence electrons. The van der Waals surface area contributed by atoms with Crippen molar-refractivity contribution < 1.29 is 19.1 Å². The van der Waals surface area contributed by atoms with Crippen molar-refractivity contribution in [1.29, 1.82) is 0 Å². The van der Waals surface area contributed by atoms with Crippen LogP contribution in [0, 0.1) is 5.92 Å². The molecule has 0 aliphatic carbocycles. The lowest BCUT2D eigenvalue weighted by Gasteiger charge is -2.31. The number of ether oxygens (including phenoxy) is 2. The summed E-state index contributed by atoms with van der Waals surface area (Å²) in [5.41, 5.74) is 1.84. The molecule has 0 radical (unpaired) electrons. The van der Waals surface area contributed by atoms with E-state index in [2.05, 4.69) is 19.2 Å². The summed E-state index contributed by atoms with van der Waals surface area (Å²) >= 11 is 0. The van der Waals surface area contributed by atoms with E-state index in [1.807, 2.05) is 0 Å². The molecule has 26 heavy (non-hydrogen) atoms. The zero-order chi connectivity index (χ0) is 18.7. The number of methoxy groups -OCH3 is 1. The second kappa shape index (κ2) is 7.47. The molecule has 1 aliphatic rings. The molecule has 0 saturated carbocycles. The van der Waals surface area contributed by atoms with Crippen LogP contribution in [0.1, 0.15) is 24.2 Å². The van der Waals surface area contributed by atoms with E-state index in [-0.39, 0.29) is 18.4 Å². The molecule has 0 bridgehead atoms. The van der Waals surface area contributed by atoms with Crippen LogP contribution in [0.25, 0.3) is 0 Å². The number of carbonyl (C=O) groups excluding carboxylic acids is 2. The highest BCUT2D eigenvalue weighted by molar-refractivity contribution is 6.05. The van der Waals surface area contributed by atoms with Gasteiger partial charge in [-0.15, -0.1) is 0 Å². The average Bonchev–Trinajstić information content (AvgIpc) is 2.64. The lowest BCUT2D eigenvalue weighted by Crippen LogP contribution is -2.40. The van der Waals surface area contributed by atoms with Crippen LogP contribution < -0.4 is 19.7 Å². The predicted molar refractivity (Wildman–Crippen MR) is 100 cm³/mol. The molecule has 1 heterocycles. The van der Waals surface area contributed by atoms with Gasteiger partial charge in [0, 0.05) is 23.9 Å². The van der Waals surface area contributed by atoms with Gasteiger partial charge in [0.05, 0.1) is 12.8 Å². The van der Waals surface area contributed by atoms with Gasteiger partial charge in [0.15, 0.2) is 6.61 Å². The Balaban J connectivity index is 1.80. The maximum Gasteiger partial charge on any atom is 0.265 e. The molecule has 0 spiro atoms. The van der Waals surface area contributed by atoms with Crippen molar-refractivity contribution in [1.82, 2.24) is 0 Å². The van der Waals surface area contributed by atoms with Crippen molar-refractivity contribution in [3.63, 3.8) is 0 Å². The molecule has 0 fully saturated rings. The van der Waals surface area contributed by atoms with E-state index in [1.165, 1.54) is 0 Å². The predicted octanol–water partition coefficient (Wildman–Crippen LogP) is 3.33. The molecule has 0 unspecified atom stereocenters. The first kappa shape index (κ1) is 17.8. The maximum absolute atomic E-state index is 12.4. The van der Waals surface area contributed by atoms with Crippen molar-refractivity contribution in [2.45, 2.75) is 13.8 Å². The van der Waals surface area contributed by atoms with E-state index in [4.69, 9.17) is 9.47 Å². The topological polar surface area (TPSA) is 67.9 Å². The molecule has 1 aliphatic heterocycles. The highest BCUT2D eigenvalue weighted by Gasteiger charge is 2.26. The van der Waals surface area contributed by atoms with Gasteiger partial charge >= 0.3 is 0 Å². The van der Waals surface area contributed by atoms with Crippen molar-refractivity contribution in [3.05, 3.63) is 48.0 Å². The zero-order valence-corrected chi connectivity index (χ0v) is 15.1. The smallest absolute Gasteiger partial charge is 0.265 e. The number of nitrogens with one attached hydrogen (secondary N) is 1. The first-order chi connectivity index (χ1) is 12.5. The average molecular weight is 354 g/mol. The minimum absolute atomic E-state index is 0.00695. The number of fused-ring (bicyclic) bond motifs is 1. The first-order valence-electron chi connectivity index (χ1n) is 8.50. The summed E-state index contributed by atoms with van der Waals surface area (Å²) in [5, 5.41) is 2.85. The van der Waals surface area contributed by atoms with Gasteiger partial charge in [-0.2, -0.15) is 0 Å². The lowest BCUT2D eigenvalue weighted by molar-refractivity contribution is -0.121. The quantitative estimate of drug-likeness (QED) is 0.894. The third-order valence-electron chi connectivity index (χ3n) is 4.04. The Kier molecular flexibility index (Phi) is 5.11. The number of rotatable bonds is 5. The molecular weight excluding hydrogens is 332 g/mol. The van der Waals surface area contributed by atoms with Gasteiger partial charge in [-0.3, -0.25) is 9.59 Å². The molecule has 6 heteroatoms. The summed E-state index contributed by atoms with van der Waals surface area (Å²) in [6.45, 7) is 4.76. The van der Waals surface area contributed by atoms with Crippen molar-refractivity contribution in [2.75, 3.05) is 30.5 Å². The second-order valence-corrected chi connectivity index (χ2v) is 6.56. The number of anilines is 2. The molecule has 3 rings (SSSR count). The summed E-state index contributed by atoms with van der Waals surface area (Å²) in [5.74, 6) is 1.26. The maximum atomic E-state index is 12.4. The van der Waals surface area contributed by atoms with Crippen molar-refractivity contribution in [2.24, 2.45) is 5.92 Å². The highest BCUT2D eigenvalue weighted by atomic mass is 16.5. The fraction of sp³-hybridized carbons (Fsp3) is 0.300. The lowest BCUT2D eigenvalue weighted by atomic mass is 10.1. The molecule has 2 aromatic carbocycles. The number of nitrogens with zero attached hydrogens (tertiary/aromatic N) is 1. The van der Waals surface area contributed by atoms with E-state index in [1.54, 1.807) is 54.5 Å². The van der Waals surface area contributed by atoms with Crippen LogP contribution in [0.5, 0.6) is 11.5 Å². The second-order valence-electron chi connectivity index (χ2n) is 6.56. The van der Waals surface area contributed by atoms with E-state index in [9.17, 15) is 9.59 Å². The molecular formula is C20H22N2O4. The van der Waals surface area contributed by atoms with Gasteiger partial charge in [-0.1, -0.05) is 19.9 Å². The van der Waals surface area contributed by atoms with Crippen LogP contribution in [-0.2, 0) is 4.79 Å². The largest absolute Gasteiger partial charge is 0.497 e. The normalized spacial score (nSPS) is 13.2. The molecule has 0 saturated heterocycles. The molecule has 0 aromatic heterocycles. The summed E-state index contributed by atoms with van der Waals surface area (Å²) in [6.07, 6.45) is 0. The van der Waals surface area contributed by atoms with Crippen LogP contribution in [0.4, 0.5) is 11.4 Å². The summed E-state index contributed by atoms with van der Waals surface area (Å²) in [6, 6.07) is 12.3. The third kappa shape index (κ3) is 3.79. The standard InChI is InChI=1S/C20H22N2O4/c1-13(2)11-22-17-8-7-15(10-18(17)26-12-19(22)23)21-20(24)14-5-4-6-16(9-14)25-3/h4-10,13H,11-12H2,1-3H3,(H,21,24). The number of carbonyl (C=O) groups is 2. The molecule has 2 aromatic rings. The SMILES string of the molecule is COc1cccc(C(=O)Nc2ccc3c(c2)OCC(=O)N3CC(C)C)c1. The van der Waals surface area contributed by atoms with Crippen LogP contribution in [-0.4, -0.2) is 32.1 Å². The van der Waals surface area contributed by atoms with Gasteiger partial charge < -0.3 is 19.7 Å². The van der Waals surface area contributed by atoms with E-state index < -0.39 is 0 Å². The molecule has 2 amide bonds. The summed E-state index contributed by atoms with van der Waals surface area (Å²) < 4.78 is 10.7. The minimum atomic E-state index is -0.241. The van der Waals surface area contributed by atoms with Crippen LogP contribution in [0.3, 0.4) is 0 Å². The molecule has 1 N–H and O–H groups in total. The first-order valence-corrected chi connectivity index (χ1v) is 8.50.